The molecule has 2 heterocycles. The number of hydrogen-bond donors (Lipinski definition) is 2. The number of amides is 2. The van der Waals surface area contributed by atoms with Crippen LogP contribution in [-0.2, 0) is 4.79 Å². The Hall–Kier alpha value is -2.93. The van der Waals surface area contributed by atoms with Crippen molar-refractivity contribution in [2.75, 3.05) is 36.4 Å². The van der Waals surface area contributed by atoms with Crippen LogP contribution in [0.5, 0.6) is 0 Å². The SMILES string of the molecule is C[C@H](C(=O)Nc1ccc(C(N)=O)cc1)N1CCN(c2ccccn2)CC1. The number of rotatable bonds is 5. The van der Waals surface area contributed by atoms with E-state index in [1.54, 1.807) is 30.5 Å². The van der Waals surface area contributed by atoms with Gasteiger partial charge in [0.2, 0.25) is 11.8 Å². The molecule has 1 fully saturated rings. The normalized spacial score (nSPS) is 16.1. The molecule has 1 aromatic carbocycles. The maximum absolute atomic E-state index is 12.5. The zero-order valence-electron chi connectivity index (χ0n) is 14.8. The van der Waals surface area contributed by atoms with Gasteiger partial charge in [-0.05, 0) is 43.3 Å². The number of nitrogens with one attached hydrogen (secondary N) is 1. The first kappa shape index (κ1) is 17.9. The highest BCUT2D eigenvalue weighted by atomic mass is 16.2. The number of aromatic nitrogens is 1. The Morgan fingerprint density at radius 1 is 1.08 bits per heavy atom. The molecule has 1 saturated heterocycles. The maximum Gasteiger partial charge on any atom is 0.248 e. The van der Waals surface area contributed by atoms with Crippen LogP contribution in [-0.4, -0.2) is 53.9 Å². The van der Waals surface area contributed by atoms with Crippen LogP contribution >= 0.6 is 0 Å². The molecule has 0 spiro atoms. The number of carbonyl (C=O) groups is 2. The Bertz CT molecular complexity index is 755. The zero-order chi connectivity index (χ0) is 18.5. The van der Waals surface area contributed by atoms with Gasteiger partial charge < -0.3 is 16.0 Å². The minimum Gasteiger partial charge on any atom is -0.366 e. The summed E-state index contributed by atoms with van der Waals surface area (Å²) >= 11 is 0. The van der Waals surface area contributed by atoms with Crippen molar-refractivity contribution in [1.82, 2.24) is 9.88 Å². The van der Waals surface area contributed by atoms with Gasteiger partial charge in [0.05, 0.1) is 6.04 Å². The molecule has 7 nitrogen and oxygen atoms in total. The van der Waals surface area contributed by atoms with Gasteiger partial charge in [-0.3, -0.25) is 14.5 Å². The summed E-state index contributed by atoms with van der Waals surface area (Å²) in [6.45, 7) is 5.17. The molecule has 26 heavy (non-hydrogen) atoms. The van der Waals surface area contributed by atoms with Crippen molar-refractivity contribution in [3.05, 3.63) is 54.2 Å². The van der Waals surface area contributed by atoms with Crippen molar-refractivity contribution in [2.24, 2.45) is 5.73 Å². The van der Waals surface area contributed by atoms with Gasteiger partial charge in [-0.15, -0.1) is 0 Å². The second kappa shape index (κ2) is 7.97. The van der Waals surface area contributed by atoms with Crippen LogP contribution in [0.25, 0.3) is 0 Å². The molecule has 0 saturated carbocycles. The number of piperazine rings is 1. The van der Waals surface area contributed by atoms with E-state index in [1.807, 2.05) is 25.1 Å². The van der Waals surface area contributed by atoms with E-state index in [2.05, 4.69) is 20.1 Å². The lowest BCUT2D eigenvalue weighted by atomic mass is 10.1. The summed E-state index contributed by atoms with van der Waals surface area (Å²) in [6.07, 6.45) is 1.79. The molecule has 2 aromatic rings. The fourth-order valence-corrected chi connectivity index (χ4v) is 3.01. The summed E-state index contributed by atoms with van der Waals surface area (Å²) in [5.74, 6) is 0.420. The van der Waals surface area contributed by atoms with E-state index in [0.29, 0.717) is 11.3 Å². The van der Waals surface area contributed by atoms with E-state index in [9.17, 15) is 9.59 Å². The molecule has 1 aliphatic heterocycles. The number of anilines is 2. The van der Waals surface area contributed by atoms with E-state index in [1.165, 1.54) is 0 Å². The third-order valence-corrected chi connectivity index (χ3v) is 4.65. The topological polar surface area (TPSA) is 91.6 Å². The zero-order valence-corrected chi connectivity index (χ0v) is 14.8. The standard InChI is InChI=1S/C19H23N5O2/c1-14(19(26)22-16-7-5-15(6-8-16)18(20)25)23-10-12-24(13-11-23)17-4-2-3-9-21-17/h2-9,14H,10-13H2,1H3,(H2,20,25)(H,22,26)/t14-/m1/s1. The number of pyridine rings is 1. The highest BCUT2D eigenvalue weighted by Crippen LogP contribution is 2.15. The highest BCUT2D eigenvalue weighted by Gasteiger charge is 2.26. The Balaban J connectivity index is 1.53. The summed E-state index contributed by atoms with van der Waals surface area (Å²) in [5, 5.41) is 2.89. The fourth-order valence-electron chi connectivity index (χ4n) is 3.01. The molecule has 2 amide bonds. The second-order valence-electron chi connectivity index (χ2n) is 6.32. The number of benzene rings is 1. The van der Waals surface area contributed by atoms with Crippen molar-refractivity contribution >= 4 is 23.3 Å². The Morgan fingerprint density at radius 2 is 1.77 bits per heavy atom. The predicted octanol–water partition coefficient (Wildman–Crippen LogP) is 1.33. The molecule has 7 heteroatoms. The largest absolute Gasteiger partial charge is 0.366 e. The molecule has 0 unspecified atom stereocenters. The van der Waals surface area contributed by atoms with Gasteiger partial charge >= 0.3 is 0 Å². The smallest absolute Gasteiger partial charge is 0.248 e. The molecule has 1 aliphatic rings. The average molecular weight is 353 g/mol. The molecule has 3 N–H and O–H groups in total. The van der Waals surface area contributed by atoms with Crippen molar-refractivity contribution < 1.29 is 9.59 Å². The van der Waals surface area contributed by atoms with E-state index >= 15 is 0 Å². The van der Waals surface area contributed by atoms with Crippen LogP contribution in [0.4, 0.5) is 11.5 Å². The minimum absolute atomic E-state index is 0.0666. The summed E-state index contributed by atoms with van der Waals surface area (Å²) in [6, 6.07) is 12.2. The van der Waals surface area contributed by atoms with Crippen LogP contribution in [0.1, 0.15) is 17.3 Å². The first-order valence-corrected chi connectivity index (χ1v) is 8.65. The van der Waals surface area contributed by atoms with E-state index < -0.39 is 5.91 Å². The summed E-state index contributed by atoms with van der Waals surface area (Å²) in [7, 11) is 0. The third kappa shape index (κ3) is 4.18. The van der Waals surface area contributed by atoms with Gasteiger partial charge in [-0.1, -0.05) is 6.07 Å². The molecule has 0 aliphatic carbocycles. The molecule has 1 aromatic heterocycles. The average Bonchev–Trinajstić information content (AvgIpc) is 2.68. The molecule has 136 valence electrons. The summed E-state index contributed by atoms with van der Waals surface area (Å²) in [4.78, 5) is 32.4. The lowest BCUT2D eigenvalue weighted by molar-refractivity contribution is -0.120. The van der Waals surface area contributed by atoms with Crippen molar-refractivity contribution in [2.45, 2.75) is 13.0 Å². The van der Waals surface area contributed by atoms with Crippen molar-refractivity contribution in [1.29, 1.82) is 0 Å². The second-order valence-corrected chi connectivity index (χ2v) is 6.32. The van der Waals surface area contributed by atoms with Crippen LogP contribution < -0.4 is 16.0 Å². The van der Waals surface area contributed by atoms with E-state index in [0.717, 1.165) is 32.0 Å². The lowest BCUT2D eigenvalue weighted by Crippen LogP contribution is -2.53. The molecule has 3 rings (SSSR count). The van der Waals surface area contributed by atoms with Gasteiger partial charge in [0.25, 0.3) is 0 Å². The molecular formula is C19H23N5O2. The van der Waals surface area contributed by atoms with Gasteiger partial charge in [-0.2, -0.15) is 0 Å². The van der Waals surface area contributed by atoms with Crippen LogP contribution in [0, 0.1) is 0 Å². The summed E-state index contributed by atoms with van der Waals surface area (Å²) < 4.78 is 0. The quantitative estimate of drug-likeness (QED) is 0.846. The fraction of sp³-hybridized carbons (Fsp3) is 0.316. The van der Waals surface area contributed by atoms with Crippen molar-refractivity contribution in [3.63, 3.8) is 0 Å². The molecular weight excluding hydrogens is 330 g/mol. The van der Waals surface area contributed by atoms with Crippen LogP contribution in [0.15, 0.2) is 48.7 Å². The number of nitrogens with zero attached hydrogens (tertiary/aromatic N) is 3. The lowest BCUT2D eigenvalue weighted by Gasteiger charge is -2.37. The highest BCUT2D eigenvalue weighted by molar-refractivity contribution is 5.96. The third-order valence-electron chi connectivity index (χ3n) is 4.65. The number of hydrogen-bond acceptors (Lipinski definition) is 5. The molecule has 1 atom stereocenters. The summed E-state index contributed by atoms with van der Waals surface area (Å²) in [5.41, 5.74) is 6.29. The van der Waals surface area contributed by atoms with Gasteiger partial charge in [-0.25, -0.2) is 4.98 Å². The minimum atomic E-state index is -0.484. The van der Waals surface area contributed by atoms with Gasteiger partial charge in [0.15, 0.2) is 0 Å². The monoisotopic (exact) mass is 353 g/mol. The first-order valence-electron chi connectivity index (χ1n) is 8.65. The number of primary amides is 1. The van der Waals surface area contributed by atoms with E-state index in [-0.39, 0.29) is 11.9 Å². The number of carbonyl (C=O) groups excluding carboxylic acids is 2. The maximum atomic E-state index is 12.5. The van der Waals surface area contributed by atoms with Crippen LogP contribution in [0.3, 0.4) is 0 Å². The Kier molecular flexibility index (Phi) is 5.48. The Labute approximate surface area is 152 Å². The molecule has 0 bridgehead atoms. The number of nitrogens with two attached hydrogens (primary N) is 1. The van der Waals surface area contributed by atoms with Gasteiger partial charge in [0, 0.05) is 43.6 Å². The first-order chi connectivity index (χ1) is 12.5. The van der Waals surface area contributed by atoms with Crippen LogP contribution in [0.2, 0.25) is 0 Å². The Morgan fingerprint density at radius 3 is 2.35 bits per heavy atom. The molecule has 0 radical (unpaired) electrons. The van der Waals surface area contributed by atoms with E-state index in [4.69, 9.17) is 5.73 Å². The van der Waals surface area contributed by atoms with Crippen molar-refractivity contribution in [3.8, 4) is 0 Å². The van der Waals surface area contributed by atoms with Gasteiger partial charge in [0.1, 0.15) is 5.82 Å². The predicted molar refractivity (Wildman–Crippen MR) is 101 cm³/mol.